The molecule has 0 atom stereocenters. The van der Waals surface area contributed by atoms with Gasteiger partial charge in [-0.1, -0.05) is 36.0 Å². The Kier molecular flexibility index (Phi) is 8.82. The Bertz CT molecular complexity index is 1620. The lowest BCUT2D eigenvalue weighted by Crippen LogP contribution is -2.36. The molecule has 1 aliphatic heterocycles. The van der Waals surface area contributed by atoms with Crippen LogP contribution in [-0.2, 0) is 17.8 Å². The maximum absolute atomic E-state index is 13.3. The van der Waals surface area contributed by atoms with Crippen molar-refractivity contribution in [2.75, 3.05) is 23.8 Å². The molecular formula is C30H30N6O5S. The Labute approximate surface area is 247 Å². The standard InChI is InChI=1S/C30H30N6O5S/c1-3-41-24-14-12-23(13-15-24)35-27(18-31-29(38)22-11-10-20(2)26(17-22)36(39)40)32-33-30(35)42-19-28(37)34-16-6-8-21-7-4-5-9-25(21)34/h4-5,7,9-15,17H,3,6,8,16,18-19H2,1-2H3,(H,31,38). The van der Waals surface area contributed by atoms with Gasteiger partial charge in [0, 0.05) is 35.1 Å². The third kappa shape index (κ3) is 6.28. The van der Waals surface area contributed by atoms with E-state index in [0.717, 1.165) is 29.8 Å². The number of anilines is 1. The number of thioether (sulfide) groups is 1. The van der Waals surface area contributed by atoms with Gasteiger partial charge in [0.1, 0.15) is 5.75 Å². The van der Waals surface area contributed by atoms with Crippen LogP contribution in [0.4, 0.5) is 11.4 Å². The molecule has 1 aromatic heterocycles. The van der Waals surface area contributed by atoms with Gasteiger partial charge in [-0.15, -0.1) is 10.2 Å². The van der Waals surface area contributed by atoms with Crippen molar-refractivity contribution in [2.24, 2.45) is 0 Å². The van der Waals surface area contributed by atoms with Crippen molar-refractivity contribution in [3.05, 3.63) is 99.4 Å². The molecule has 2 amide bonds. The van der Waals surface area contributed by atoms with Gasteiger partial charge in [0.15, 0.2) is 11.0 Å². The molecule has 0 unspecified atom stereocenters. The van der Waals surface area contributed by atoms with Crippen LogP contribution in [-0.4, -0.2) is 50.4 Å². The second-order valence-corrected chi connectivity index (χ2v) is 10.6. The molecular weight excluding hydrogens is 556 g/mol. The van der Waals surface area contributed by atoms with Crippen LogP contribution in [0.5, 0.6) is 5.75 Å². The Morgan fingerprint density at radius 1 is 1.10 bits per heavy atom. The second kappa shape index (κ2) is 12.9. The van der Waals surface area contributed by atoms with E-state index in [-0.39, 0.29) is 29.5 Å². The number of fused-ring (bicyclic) bond motifs is 1. The number of nitrogens with zero attached hydrogens (tertiary/aromatic N) is 5. The summed E-state index contributed by atoms with van der Waals surface area (Å²) in [7, 11) is 0. The summed E-state index contributed by atoms with van der Waals surface area (Å²) in [4.78, 5) is 38.8. The first-order valence-electron chi connectivity index (χ1n) is 13.6. The van der Waals surface area contributed by atoms with E-state index in [1.807, 2.05) is 54.3 Å². The minimum absolute atomic E-state index is 0.00866. The number of aromatic nitrogens is 3. The lowest BCUT2D eigenvalue weighted by Gasteiger charge is -2.29. The van der Waals surface area contributed by atoms with E-state index in [4.69, 9.17) is 4.74 Å². The van der Waals surface area contributed by atoms with E-state index < -0.39 is 10.8 Å². The van der Waals surface area contributed by atoms with Crippen LogP contribution in [0.15, 0.2) is 71.9 Å². The molecule has 0 fully saturated rings. The summed E-state index contributed by atoms with van der Waals surface area (Å²) in [5, 5.41) is 23.3. The normalized spacial score (nSPS) is 12.5. The van der Waals surface area contributed by atoms with Crippen LogP contribution in [0.2, 0.25) is 0 Å². The molecule has 4 aromatic rings. The first-order chi connectivity index (χ1) is 20.4. The predicted octanol–water partition coefficient (Wildman–Crippen LogP) is 4.88. The predicted molar refractivity (Wildman–Crippen MR) is 159 cm³/mol. The Hall–Kier alpha value is -4.71. The number of nitro groups is 1. The average Bonchev–Trinajstić information content (AvgIpc) is 3.41. The van der Waals surface area contributed by atoms with E-state index in [9.17, 15) is 19.7 Å². The number of aryl methyl sites for hydroxylation is 2. The van der Waals surface area contributed by atoms with Crippen LogP contribution in [0.1, 0.15) is 40.7 Å². The third-order valence-electron chi connectivity index (χ3n) is 6.92. The highest BCUT2D eigenvalue weighted by atomic mass is 32.2. The number of nitrogens with one attached hydrogen (secondary N) is 1. The highest BCUT2D eigenvalue weighted by Gasteiger charge is 2.24. The lowest BCUT2D eigenvalue weighted by molar-refractivity contribution is -0.385. The van der Waals surface area contributed by atoms with E-state index >= 15 is 0 Å². The van der Waals surface area contributed by atoms with Gasteiger partial charge in [-0.05, 0) is 68.7 Å². The largest absolute Gasteiger partial charge is 0.494 e. The molecule has 0 saturated carbocycles. The van der Waals surface area contributed by atoms with Crippen molar-refractivity contribution in [3.8, 4) is 11.4 Å². The second-order valence-electron chi connectivity index (χ2n) is 9.67. The van der Waals surface area contributed by atoms with Gasteiger partial charge in [0.25, 0.3) is 11.6 Å². The molecule has 1 aliphatic rings. The maximum Gasteiger partial charge on any atom is 0.273 e. The summed E-state index contributed by atoms with van der Waals surface area (Å²) >= 11 is 1.27. The molecule has 42 heavy (non-hydrogen) atoms. The van der Waals surface area contributed by atoms with E-state index in [2.05, 4.69) is 21.6 Å². The Morgan fingerprint density at radius 3 is 2.64 bits per heavy atom. The first-order valence-corrected chi connectivity index (χ1v) is 14.6. The van der Waals surface area contributed by atoms with Crippen LogP contribution in [0.25, 0.3) is 5.69 Å². The minimum Gasteiger partial charge on any atom is -0.494 e. The van der Waals surface area contributed by atoms with Crippen LogP contribution in [0, 0.1) is 17.0 Å². The van der Waals surface area contributed by atoms with Gasteiger partial charge < -0.3 is 15.0 Å². The molecule has 5 rings (SSSR count). The maximum atomic E-state index is 13.3. The zero-order valence-electron chi connectivity index (χ0n) is 23.3. The van der Waals surface area contributed by atoms with Crippen molar-refractivity contribution >= 4 is 35.0 Å². The molecule has 0 saturated heterocycles. The Morgan fingerprint density at radius 2 is 1.88 bits per heavy atom. The SMILES string of the molecule is CCOc1ccc(-n2c(CNC(=O)c3ccc(C)c([N+](=O)[O-])c3)nnc2SCC(=O)N2CCCc3ccccc32)cc1. The van der Waals surface area contributed by atoms with Crippen molar-refractivity contribution in [1.82, 2.24) is 20.1 Å². The monoisotopic (exact) mass is 586 g/mol. The summed E-state index contributed by atoms with van der Waals surface area (Å²) in [5.41, 5.74) is 3.35. The number of para-hydroxylation sites is 1. The molecule has 0 bridgehead atoms. The van der Waals surface area contributed by atoms with Crippen molar-refractivity contribution < 1.29 is 19.2 Å². The van der Waals surface area contributed by atoms with E-state index in [1.54, 1.807) is 23.6 Å². The molecule has 3 aromatic carbocycles. The summed E-state index contributed by atoms with van der Waals surface area (Å²) in [6, 6.07) is 19.7. The fourth-order valence-corrected chi connectivity index (χ4v) is 5.68. The molecule has 0 radical (unpaired) electrons. The number of carbonyl (C=O) groups excluding carboxylic acids is 2. The number of hydrogen-bond acceptors (Lipinski definition) is 8. The van der Waals surface area contributed by atoms with E-state index in [0.29, 0.717) is 35.4 Å². The Balaban J connectivity index is 1.36. The summed E-state index contributed by atoms with van der Waals surface area (Å²) < 4.78 is 7.36. The third-order valence-corrected chi connectivity index (χ3v) is 7.83. The van der Waals surface area contributed by atoms with Crippen LogP contribution in [0.3, 0.4) is 0 Å². The zero-order chi connectivity index (χ0) is 29.6. The lowest BCUT2D eigenvalue weighted by atomic mass is 10.0. The molecule has 0 spiro atoms. The quantitative estimate of drug-likeness (QED) is 0.158. The van der Waals surface area contributed by atoms with Gasteiger partial charge in [-0.2, -0.15) is 0 Å². The number of ether oxygens (including phenoxy) is 1. The van der Waals surface area contributed by atoms with Gasteiger partial charge in [0.05, 0.1) is 23.8 Å². The van der Waals surface area contributed by atoms with Crippen molar-refractivity contribution in [3.63, 3.8) is 0 Å². The average molecular weight is 587 g/mol. The van der Waals surface area contributed by atoms with Crippen molar-refractivity contribution in [2.45, 2.75) is 38.4 Å². The number of hydrogen-bond donors (Lipinski definition) is 1. The number of amides is 2. The summed E-state index contributed by atoms with van der Waals surface area (Å²) in [6.07, 6.45) is 1.86. The highest BCUT2D eigenvalue weighted by Crippen LogP contribution is 2.29. The van der Waals surface area contributed by atoms with E-state index in [1.165, 1.54) is 17.8 Å². The highest BCUT2D eigenvalue weighted by molar-refractivity contribution is 7.99. The molecule has 0 aliphatic carbocycles. The smallest absolute Gasteiger partial charge is 0.273 e. The van der Waals surface area contributed by atoms with Gasteiger partial charge in [-0.3, -0.25) is 24.3 Å². The summed E-state index contributed by atoms with van der Waals surface area (Å²) in [5.74, 6) is 0.797. The minimum atomic E-state index is -0.512. The zero-order valence-corrected chi connectivity index (χ0v) is 24.1. The van der Waals surface area contributed by atoms with Gasteiger partial charge >= 0.3 is 0 Å². The molecule has 11 nitrogen and oxygen atoms in total. The molecule has 12 heteroatoms. The summed E-state index contributed by atoms with van der Waals surface area (Å²) in [6.45, 7) is 4.73. The fraction of sp³-hybridized carbons (Fsp3) is 0.267. The van der Waals surface area contributed by atoms with Gasteiger partial charge in [0.2, 0.25) is 5.91 Å². The van der Waals surface area contributed by atoms with Crippen LogP contribution < -0.4 is 15.0 Å². The molecule has 2 heterocycles. The molecule has 1 N–H and O–H groups in total. The van der Waals surface area contributed by atoms with Gasteiger partial charge in [-0.25, -0.2) is 0 Å². The molecule has 216 valence electrons. The number of benzene rings is 3. The fourth-order valence-electron chi connectivity index (χ4n) is 4.83. The van der Waals surface area contributed by atoms with Crippen LogP contribution >= 0.6 is 11.8 Å². The van der Waals surface area contributed by atoms with Crippen molar-refractivity contribution in [1.29, 1.82) is 0 Å². The first kappa shape index (κ1) is 28.8. The topological polar surface area (TPSA) is 132 Å². The number of carbonyl (C=O) groups is 2. The number of nitro benzene ring substituents is 1. The number of rotatable bonds is 10.